The molecule has 0 amide bonds. The van der Waals surface area contributed by atoms with Crippen molar-refractivity contribution in [3.8, 4) is 0 Å². The van der Waals surface area contributed by atoms with Crippen LogP contribution in [0.5, 0.6) is 0 Å². The molecule has 1 unspecified atom stereocenters. The zero-order valence-electron chi connectivity index (χ0n) is 11.9. The van der Waals surface area contributed by atoms with Crippen molar-refractivity contribution >= 4 is 13.3 Å². The van der Waals surface area contributed by atoms with E-state index < -0.39 is 13.3 Å². The third-order valence-electron chi connectivity index (χ3n) is 2.77. The van der Waals surface area contributed by atoms with Crippen LogP contribution in [0.15, 0.2) is 5.16 Å². The zero-order valence-corrected chi connectivity index (χ0v) is 12.8. The van der Waals surface area contributed by atoms with Gasteiger partial charge in [-0.3, -0.25) is 4.57 Å². The standard InChI is InChI=1S/C12H26NO4P/c1-5-7-9-16-18(15,17-10-8-6-2)12(4)11(3)13-14/h12,14H,5-10H2,1-4H3. The molecule has 5 nitrogen and oxygen atoms in total. The normalized spacial score (nSPS) is 14.8. The molecule has 0 spiro atoms. The number of nitrogens with zero attached hydrogens (tertiary/aromatic N) is 1. The molecule has 18 heavy (non-hydrogen) atoms. The molecule has 108 valence electrons. The molecular formula is C12H26NO4P. The van der Waals surface area contributed by atoms with Crippen molar-refractivity contribution in [2.45, 2.75) is 59.0 Å². The lowest BCUT2D eigenvalue weighted by atomic mass is 10.3. The molecule has 0 aliphatic heterocycles. The van der Waals surface area contributed by atoms with Gasteiger partial charge < -0.3 is 14.3 Å². The molecule has 1 atom stereocenters. The molecular weight excluding hydrogens is 253 g/mol. The summed E-state index contributed by atoms with van der Waals surface area (Å²) in [5.74, 6) is 0. The van der Waals surface area contributed by atoms with Gasteiger partial charge >= 0.3 is 7.60 Å². The van der Waals surface area contributed by atoms with E-state index in [1.807, 2.05) is 13.8 Å². The molecule has 0 aromatic carbocycles. The average molecular weight is 279 g/mol. The molecule has 6 heteroatoms. The second kappa shape index (κ2) is 9.54. The van der Waals surface area contributed by atoms with Gasteiger partial charge in [0.1, 0.15) is 0 Å². The Morgan fingerprint density at radius 3 is 2.00 bits per heavy atom. The second-order valence-corrected chi connectivity index (χ2v) is 6.70. The van der Waals surface area contributed by atoms with Gasteiger partial charge in [-0.15, -0.1) is 0 Å². The van der Waals surface area contributed by atoms with Crippen LogP contribution in [-0.2, 0) is 13.6 Å². The first-order valence-corrected chi connectivity index (χ1v) is 8.20. The molecule has 0 rings (SSSR count). The van der Waals surface area contributed by atoms with Crippen LogP contribution in [0.4, 0.5) is 0 Å². The molecule has 0 fully saturated rings. The minimum atomic E-state index is -3.23. The number of unbranched alkanes of at least 4 members (excludes halogenated alkanes) is 2. The summed E-state index contributed by atoms with van der Waals surface area (Å²) in [6, 6.07) is 0. The number of hydrogen-bond acceptors (Lipinski definition) is 5. The number of rotatable bonds is 10. The highest BCUT2D eigenvalue weighted by Crippen LogP contribution is 2.53. The lowest BCUT2D eigenvalue weighted by molar-refractivity contribution is 0.197. The van der Waals surface area contributed by atoms with Crippen LogP contribution in [0.2, 0.25) is 0 Å². The van der Waals surface area contributed by atoms with Crippen molar-refractivity contribution in [3.05, 3.63) is 0 Å². The van der Waals surface area contributed by atoms with Crippen molar-refractivity contribution in [3.63, 3.8) is 0 Å². The van der Waals surface area contributed by atoms with Gasteiger partial charge in [0.2, 0.25) is 0 Å². The topological polar surface area (TPSA) is 68.1 Å². The SMILES string of the molecule is CCCCOP(=O)(OCCCC)C(C)C(C)=NO. The molecule has 0 aliphatic carbocycles. The highest BCUT2D eigenvalue weighted by molar-refractivity contribution is 7.55. The Labute approximate surface area is 110 Å². The number of hydrogen-bond donors (Lipinski definition) is 1. The summed E-state index contributed by atoms with van der Waals surface area (Å²) >= 11 is 0. The third kappa shape index (κ3) is 5.98. The van der Waals surface area contributed by atoms with Gasteiger partial charge in [0.25, 0.3) is 0 Å². The van der Waals surface area contributed by atoms with Gasteiger partial charge in [-0.2, -0.15) is 0 Å². The van der Waals surface area contributed by atoms with Crippen LogP contribution in [0.1, 0.15) is 53.4 Å². The lowest BCUT2D eigenvalue weighted by Crippen LogP contribution is -2.18. The van der Waals surface area contributed by atoms with E-state index in [0.717, 1.165) is 25.7 Å². The van der Waals surface area contributed by atoms with Crippen LogP contribution in [0, 0.1) is 0 Å². The van der Waals surface area contributed by atoms with Crippen LogP contribution in [0.25, 0.3) is 0 Å². The Bertz CT molecular complexity index is 280. The smallest absolute Gasteiger partial charge is 0.339 e. The van der Waals surface area contributed by atoms with E-state index in [1.165, 1.54) is 0 Å². The van der Waals surface area contributed by atoms with Crippen molar-refractivity contribution in [1.82, 2.24) is 0 Å². The summed E-state index contributed by atoms with van der Waals surface area (Å²) in [5, 5.41) is 11.9. The minimum absolute atomic E-state index is 0.367. The highest BCUT2D eigenvalue weighted by Gasteiger charge is 2.34. The van der Waals surface area contributed by atoms with Gasteiger partial charge in [-0.25, -0.2) is 0 Å². The first-order chi connectivity index (χ1) is 8.51. The lowest BCUT2D eigenvalue weighted by Gasteiger charge is -2.23. The van der Waals surface area contributed by atoms with Crippen LogP contribution in [0.3, 0.4) is 0 Å². The van der Waals surface area contributed by atoms with Crippen LogP contribution >= 0.6 is 7.60 Å². The van der Waals surface area contributed by atoms with Gasteiger partial charge in [-0.05, 0) is 26.7 Å². The molecule has 0 saturated carbocycles. The number of oxime groups is 1. The highest BCUT2D eigenvalue weighted by atomic mass is 31.2. The Hall–Kier alpha value is -0.380. The molecule has 0 saturated heterocycles. The van der Waals surface area contributed by atoms with Gasteiger partial charge in [0.15, 0.2) is 0 Å². The first kappa shape index (κ1) is 17.6. The van der Waals surface area contributed by atoms with Gasteiger partial charge in [0.05, 0.1) is 24.6 Å². The maximum Gasteiger partial charge on any atom is 0.339 e. The minimum Gasteiger partial charge on any atom is -0.411 e. The van der Waals surface area contributed by atoms with E-state index in [9.17, 15) is 4.57 Å². The van der Waals surface area contributed by atoms with E-state index in [0.29, 0.717) is 18.9 Å². The van der Waals surface area contributed by atoms with E-state index >= 15 is 0 Å². The van der Waals surface area contributed by atoms with Crippen molar-refractivity contribution < 1.29 is 18.8 Å². The molecule has 0 aromatic rings. The Morgan fingerprint density at radius 1 is 1.22 bits per heavy atom. The molecule has 0 aromatic heterocycles. The van der Waals surface area contributed by atoms with E-state index in [2.05, 4.69) is 5.16 Å². The molecule has 0 radical (unpaired) electrons. The fourth-order valence-electron chi connectivity index (χ4n) is 1.25. The summed E-state index contributed by atoms with van der Waals surface area (Å²) in [4.78, 5) is 0. The largest absolute Gasteiger partial charge is 0.411 e. The van der Waals surface area contributed by atoms with Gasteiger partial charge in [-0.1, -0.05) is 31.8 Å². The molecule has 0 aliphatic rings. The predicted molar refractivity (Wildman–Crippen MR) is 73.7 cm³/mol. The summed E-state index contributed by atoms with van der Waals surface area (Å²) in [6.45, 7) is 8.20. The van der Waals surface area contributed by atoms with Crippen molar-refractivity contribution in [2.24, 2.45) is 5.16 Å². The predicted octanol–water partition coefficient (Wildman–Crippen LogP) is 4.05. The molecule has 0 heterocycles. The maximum absolute atomic E-state index is 12.6. The van der Waals surface area contributed by atoms with Gasteiger partial charge in [0, 0.05) is 0 Å². The fraction of sp³-hybridized carbons (Fsp3) is 0.917. The molecule has 1 N–H and O–H groups in total. The Balaban J connectivity index is 4.62. The quantitative estimate of drug-likeness (QED) is 0.215. The summed E-state index contributed by atoms with van der Waals surface area (Å²) in [5.41, 5.74) is -0.150. The first-order valence-electron chi connectivity index (χ1n) is 6.59. The third-order valence-corrected chi connectivity index (χ3v) is 5.18. The fourth-order valence-corrected chi connectivity index (χ4v) is 3.04. The van der Waals surface area contributed by atoms with Crippen LogP contribution in [-0.4, -0.2) is 29.8 Å². The second-order valence-electron chi connectivity index (χ2n) is 4.33. The summed E-state index contributed by atoms with van der Waals surface area (Å²) < 4.78 is 23.5. The summed E-state index contributed by atoms with van der Waals surface area (Å²) in [7, 11) is -3.23. The maximum atomic E-state index is 12.6. The summed E-state index contributed by atoms with van der Waals surface area (Å²) in [6.07, 6.45) is 3.61. The van der Waals surface area contributed by atoms with Crippen molar-refractivity contribution in [1.29, 1.82) is 0 Å². The Morgan fingerprint density at radius 2 is 1.67 bits per heavy atom. The Kier molecular flexibility index (Phi) is 9.34. The van der Waals surface area contributed by atoms with Crippen molar-refractivity contribution in [2.75, 3.05) is 13.2 Å². The molecule has 0 bridgehead atoms. The monoisotopic (exact) mass is 279 g/mol. The van der Waals surface area contributed by atoms with E-state index in [4.69, 9.17) is 14.3 Å². The average Bonchev–Trinajstić information content (AvgIpc) is 2.37. The zero-order chi connectivity index (χ0) is 14.0. The van der Waals surface area contributed by atoms with E-state index in [-0.39, 0.29) is 0 Å². The van der Waals surface area contributed by atoms with E-state index in [1.54, 1.807) is 13.8 Å². The van der Waals surface area contributed by atoms with Crippen LogP contribution < -0.4 is 0 Å².